The maximum Gasteiger partial charge on any atom is 0.326 e. The standard InChI is InChI=1S/C24H25N3O4S/c1-4-22-26-18-8-6-7-9-19(18)27(22)13-23(28)31-14-17-15-32-24(25-17)16-10-11-20(30-5-2)21(12-16)29-3/h6-12,15H,4-5,13-14H2,1-3H3. The van der Waals surface area contributed by atoms with E-state index in [1.807, 2.05) is 66.3 Å². The largest absolute Gasteiger partial charge is 0.493 e. The van der Waals surface area contributed by atoms with E-state index in [0.29, 0.717) is 23.8 Å². The highest BCUT2D eigenvalue weighted by atomic mass is 32.1. The summed E-state index contributed by atoms with van der Waals surface area (Å²) >= 11 is 1.49. The molecule has 2 aromatic carbocycles. The highest BCUT2D eigenvalue weighted by Crippen LogP contribution is 2.33. The highest BCUT2D eigenvalue weighted by Gasteiger charge is 2.15. The highest BCUT2D eigenvalue weighted by molar-refractivity contribution is 7.13. The molecule has 0 saturated carbocycles. The van der Waals surface area contributed by atoms with Crippen molar-refractivity contribution >= 4 is 28.3 Å². The number of methoxy groups -OCH3 is 1. The Hall–Kier alpha value is -3.39. The quantitative estimate of drug-likeness (QED) is 0.338. The van der Waals surface area contributed by atoms with E-state index < -0.39 is 0 Å². The fourth-order valence-corrected chi connectivity index (χ4v) is 4.28. The topological polar surface area (TPSA) is 75.5 Å². The third kappa shape index (κ3) is 4.60. The van der Waals surface area contributed by atoms with Crippen LogP contribution >= 0.6 is 11.3 Å². The Kier molecular flexibility index (Phi) is 6.70. The lowest BCUT2D eigenvalue weighted by Crippen LogP contribution is -2.15. The van der Waals surface area contributed by atoms with Crippen molar-refractivity contribution < 1.29 is 19.0 Å². The first-order valence-electron chi connectivity index (χ1n) is 10.5. The van der Waals surface area contributed by atoms with Gasteiger partial charge in [0.25, 0.3) is 0 Å². The van der Waals surface area contributed by atoms with Gasteiger partial charge in [-0.1, -0.05) is 19.1 Å². The van der Waals surface area contributed by atoms with Crippen LogP contribution in [0.2, 0.25) is 0 Å². The number of aryl methyl sites for hydroxylation is 1. The van der Waals surface area contributed by atoms with Crippen LogP contribution in [0.15, 0.2) is 47.8 Å². The predicted octanol–water partition coefficient (Wildman–Crippen LogP) is 4.87. The number of carbonyl (C=O) groups is 1. The molecule has 0 fully saturated rings. The fraction of sp³-hybridized carbons (Fsp3) is 0.292. The van der Waals surface area contributed by atoms with E-state index in [0.717, 1.165) is 33.8 Å². The fourth-order valence-electron chi connectivity index (χ4n) is 3.48. The number of esters is 1. The number of para-hydroxylation sites is 2. The number of benzene rings is 2. The summed E-state index contributed by atoms with van der Waals surface area (Å²) < 4.78 is 18.4. The van der Waals surface area contributed by atoms with Crippen LogP contribution in [-0.2, 0) is 29.1 Å². The molecule has 2 heterocycles. The van der Waals surface area contributed by atoms with Gasteiger partial charge in [-0.15, -0.1) is 11.3 Å². The van der Waals surface area contributed by atoms with Crippen LogP contribution in [0.1, 0.15) is 25.4 Å². The zero-order valence-corrected chi connectivity index (χ0v) is 19.1. The monoisotopic (exact) mass is 451 g/mol. The van der Waals surface area contributed by atoms with Gasteiger partial charge in [0, 0.05) is 17.4 Å². The number of ether oxygens (including phenoxy) is 3. The maximum atomic E-state index is 12.5. The smallest absolute Gasteiger partial charge is 0.326 e. The Morgan fingerprint density at radius 3 is 2.72 bits per heavy atom. The lowest BCUT2D eigenvalue weighted by molar-refractivity contribution is -0.145. The Bertz CT molecular complexity index is 1230. The van der Waals surface area contributed by atoms with E-state index in [1.165, 1.54) is 11.3 Å². The normalized spacial score (nSPS) is 11.0. The summed E-state index contributed by atoms with van der Waals surface area (Å²) in [5.74, 6) is 1.90. The van der Waals surface area contributed by atoms with Gasteiger partial charge in [0.15, 0.2) is 11.5 Å². The predicted molar refractivity (Wildman–Crippen MR) is 124 cm³/mol. The lowest BCUT2D eigenvalue weighted by atomic mass is 10.2. The number of imidazole rings is 1. The Labute approximate surface area is 190 Å². The zero-order chi connectivity index (χ0) is 22.5. The van der Waals surface area contributed by atoms with Gasteiger partial charge in [-0.3, -0.25) is 4.79 Å². The molecule has 0 aliphatic rings. The minimum Gasteiger partial charge on any atom is -0.493 e. The van der Waals surface area contributed by atoms with Crippen LogP contribution in [0.25, 0.3) is 21.6 Å². The molecule has 0 radical (unpaired) electrons. The van der Waals surface area contributed by atoms with Crippen LogP contribution in [0.3, 0.4) is 0 Å². The van der Waals surface area contributed by atoms with E-state index in [1.54, 1.807) is 7.11 Å². The number of thiazole rings is 1. The Morgan fingerprint density at radius 1 is 1.09 bits per heavy atom. The molecule has 0 unspecified atom stereocenters. The van der Waals surface area contributed by atoms with Crippen molar-refractivity contribution in [1.82, 2.24) is 14.5 Å². The van der Waals surface area contributed by atoms with Crippen molar-refractivity contribution in [1.29, 1.82) is 0 Å². The molecule has 4 rings (SSSR count). The van der Waals surface area contributed by atoms with E-state index in [4.69, 9.17) is 14.2 Å². The van der Waals surface area contributed by atoms with Crippen molar-refractivity contribution in [2.24, 2.45) is 0 Å². The summed E-state index contributed by atoms with van der Waals surface area (Å²) in [5.41, 5.74) is 3.44. The summed E-state index contributed by atoms with van der Waals surface area (Å²) in [6, 6.07) is 13.5. The van der Waals surface area contributed by atoms with Crippen molar-refractivity contribution in [3.8, 4) is 22.1 Å². The second kappa shape index (κ2) is 9.82. The number of aromatic nitrogens is 3. The van der Waals surface area contributed by atoms with Crippen LogP contribution in [-0.4, -0.2) is 34.2 Å². The summed E-state index contributed by atoms with van der Waals surface area (Å²) in [4.78, 5) is 21.7. The minimum atomic E-state index is -0.319. The van der Waals surface area contributed by atoms with Crippen molar-refractivity contribution in [2.75, 3.05) is 13.7 Å². The molecule has 8 heteroatoms. The molecule has 4 aromatic rings. The van der Waals surface area contributed by atoms with E-state index in [2.05, 4.69) is 9.97 Å². The Balaban J connectivity index is 1.42. The van der Waals surface area contributed by atoms with Crippen molar-refractivity contribution in [3.63, 3.8) is 0 Å². The number of carbonyl (C=O) groups excluding carboxylic acids is 1. The number of fused-ring (bicyclic) bond motifs is 1. The van der Waals surface area contributed by atoms with Gasteiger partial charge in [0.05, 0.1) is 30.4 Å². The first-order valence-corrected chi connectivity index (χ1v) is 11.4. The molecule has 0 aliphatic carbocycles. The van der Waals surface area contributed by atoms with E-state index >= 15 is 0 Å². The molecule has 7 nitrogen and oxygen atoms in total. The molecule has 166 valence electrons. The SMILES string of the molecule is CCOc1ccc(-c2nc(COC(=O)Cn3c(CC)nc4ccccc43)cs2)cc1OC. The number of hydrogen-bond donors (Lipinski definition) is 0. The maximum absolute atomic E-state index is 12.5. The second-order valence-electron chi connectivity index (χ2n) is 7.06. The molecule has 0 spiro atoms. The summed E-state index contributed by atoms with van der Waals surface area (Å²) in [7, 11) is 1.61. The molecule has 0 saturated heterocycles. The van der Waals surface area contributed by atoms with Gasteiger partial charge in [0.2, 0.25) is 0 Å². The minimum absolute atomic E-state index is 0.122. The van der Waals surface area contributed by atoms with Crippen LogP contribution in [0.5, 0.6) is 11.5 Å². The molecular formula is C24H25N3O4S. The molecule has 0 atom stereocenters. The van der Waals surface area contributed by atoms with Gasteiger partial charge in [-0.2, -0.15) is 0 Å². The molecule has 32 heavy (non-hydrogen) atoms. The van der Waals surface area contributed by atoms with Crippen molar-refractivity contribution in [2.45, 2.75) is 33.4 Å². The summed E-state index contributed by atoms with van der Waals surface area (Å²) in [5, 5.41) is 2.72. The molecule has 2 aromatic heterocycles. The molecule has 0 N–H and O–H groups in total. The van der Waals surface area contributed by atoms with Gasteiger partial charge in [0.1, 0.15) is 24.0 Å². The van der Waals surface area contributed by atoms with Gasteiger partial charge < -0.3 is 18.8 Å². The summed E-state index contributed by atoms with van der Waals surface area (Å²) in [6.07, 6.45) is 0.739. The Morgan fingerprint density at radius 2 is 1.94 bits per heavy atom. The summed E-state index contributed by atoms with van der Waals surface area (Å²) in [6.45, 7) is 4.77. The number of hydrogen-bond acceptors (Lipinski definition) is 7. The first-order chi connectivity index (χ1) is 15.6. The average Bonchev–Trinajstić information content (AvgIpc) is 3.43. The van der Waals surface area contributed by atoms with E-state index in [-0.39, 0.29) is 19.1 Å². The van der Waals surface area contributed by atoms with Crippen LogP contribution < -0.4 is 9.47 Å². The number of nitrogens with zero attached hydrogens (tertiary/aromatic N) is 3. The molecule has 0 bridgehead atoms. The van der Waals surface area contributed by atoms with Crippen molar-refractivity contribution in [3.05, 3.63) is 59.4 Å². The zero-order valence-electron chi connectivity index (χ0n) is 18.3. The molecule has 0 amide bonds. The van der Waals surface area contributed by atoms with Crippen LogP contribution in [0.4, 0.5) is 0 Å². The third-order valence-corrected chi connectivity index (χ3v) is 5.92. The number of rotatable bonds is 9. The molecule has 0 aliphatic heterocycles. The van der Waals surface area contributed by atoms with E-state index in [9.17, 15) is 4.79 Å². The average molecular weight is 452 g/mol. The second-order valence-corrected chi connectivity index (χ2v) is 7.92. The first kappa shape index (κ1) is 21.8. The van der Waals surface area contributed by atoms with Gasteiger partial charge in [-0.25, -0.2) is 9.97 Å². The van der Waals surface area contributed by atoms with Crippen LogP contribution in [0, 0.1) is 0 Å². The third-order valence-electron chi connectivity index (χ3n) is 4.98. The van der Waals surface area contributed by atoms with Gasteiger partial charge in [-0.05, 0) is 37.3 Å². The van der Waals surface area contributed by atoms with Gasteiger partial charge >= 0.3 is 5.97 Å². The lowest BCUT2D eigenvalue weighted by Gasteiger charge is -2.10. The molecular weight excluding hydrogens is 426 g/mol.